The minimum atomic E-state index is 0.246. The number of halogens is 2. The third kappa shape index (κ3) is 3.27. The first-order valence-corrected chi connectivity index (χ1v) is 7.01. The lowest BCUT2D eigenvalue weighted by molar-refractivity contribution is 0.883. The molecule has 1 nitrogen and oxygen atoms in total. The van der Waals surface area contributed by atoms with Crippen molar-refractivity contribution in [2.75, 3.05) is 5.32 Å². The van der Waals surface area contributed by atoms with E-state index in [-0.39, 0.29) is 6.04 Å². The van der Waals surface area contributed by atoms with Crippen LogP contribution in [0.25, 0.3) is 0 Å². The molecular formula is C15H15BrClN. The molecule has 2 rings (SSSR count). The van der Waals surface area contributed by atoms with Crippen LogP contribution in [0.15, 0.2) is 46.9 Å². The molecule has 0 amide bonds. The fourth-order valence-electron chi connectivity index (χ4n) is 1.85. The maximum atomic E-state index is 6.04. The number of hydrogen-bond acceptors (Lipinski definition) is 1. The Morgan fingerprint density at radius 1 is 1.17 bits per heavy atom. The highest BCUT2D eigenvalue weighted by molar-refractivity contribution is 9.10. The van der Waals surface area contributed by atoms with Gasteiger partial charge in [-0.2, -0.15) is 0 Å². The molecule has 3 heteroatoms. The third-order valence-electron chi connectivity index (χ3n) is 2.89. The van der Waals surface area contributed by atoms with Crippen molar-refractivity contribution in [3.63, 3.8) is 0 Å². The number of nitrogens with one attached hydrogen (secondary N) is 1. The molecule has 1 atom stereocenters. The van der Waals surface area contributed by atoms with Crippen molar-refractivity contribution in [1.82, 2.24) is 0 Å². The molecule has 1 unspecified atom stereocenters. The van der Waals surface area contributed by atoms with Gasteiger partial charge >= 0.3 is 0 Å². The molecule has 0 heterocycles. The molecule has 0 fully saturated rings. The van der Waals surface area contributed by atoms with Crippen LogP contribution in [0, 0.1) is 6.92 Å². The largest absolute Gasteiger partial charge is 0.378 e. The molecule has 0 aliphatic carbocycles. The van der Waals surface area contributed by atoms with Gasteiger partial charge in [0.2, 0.25) is 0 Å². The van der Waals surface area contributed by atoms with Crippen LogP contribution in [0.5, 0.6) is 0 Å². The van der Waals surface area contributed by atoms with Gasteiger partial charge in [0.1, 0.15) is 0 Å². The quantitative estimate of drug-likeness (QED) is 0.776. The zero-order chi connectivity index (χ0) is 13.1. The maximum Gasteiger partial charge on any atom is 0.0485 e. The first kappa shape index (κ1) is 13.4. The molecule has 2 aromatic carbocycles. The Hall–Kier alpha value is -0.990. The fraction of sp³-hybridized carbons (Fsp3) is 0.200. The molecular weight excluding hydrogens is 310 g/mol. The summed E-state index contributed by atoms with van der Waals surface area (Å²) in [6, 6.07) is 14.5. The van der Waals surface area contributed by atoms with Crippen LogP contribution in [-0.2, 0) is 0 Å². The van der Waals surface area contributed by atoms with Crippen LogP contribution in [0.2, 0.25) is 5.02 Å². The summed E-state index contributed by atoms with van der Waals surface area (Å²) in [5.41, 5.74) is 3.44. The summed E-state index contributed by atoms with van der Waals surface area (Å²) < 4.78 is 1.08. The van der Waals surface area contributed by atoms with Crippen LogP contribution in [0.1, 0.15) is 24.1 Å². The Morgan fingerprint density at radius 3 is 2.61 bits per heavy atom. The smallest absolute Gasteiger partial charge is 0.0485 e. The molecule has 0 saturated heterocycles. The Balaban J connectivity index is 2.16. The molecule has 0 saturated carbocycles. The third-order valence-corrected chi connectivity index (χ3v) is 3.81. The minimum Gasteiger partial charge on any atom is -0.378 e. The summed E-state index contributed by atoms with van der Waals surface area (Å²) in [7, 11) is 0. The van der Waals surface area contributed by atoms with Gasteiger partial charge in [-0.3, -0.25) is 0 Å². The van der Waals surface area contributed by atoms with Crippen molar-refractivity contribution in [1.29, 1.82) is 0 Å². The summed E-state index contributed by atoms with van der Waals surface area (Å²) in [5, 5.41) is 4.29. The zero-order valence-corrected chi connectivity index (χ0v) is 12.7. The van der Waals surface area contributed by atoms with Gasteiger partial charge in [-0.25, -0.2) is 0 Å². The van der Waals surface area contributed by atoms with Crippen molar-refractivity contribution in [2.45, 2.75) is 19.9 Å². The average molecular weight is 325 g/mol. The molecule has 0 bridgehead atoms. The maximum absolute atomic E-state index is 6.04. The first-order valence-electron chi connectivity index (χ1n) is 5.84. The van der Waals surface area contributed by atoms with E-state index in [9.17, 15) is 0 Å². The van der Waals surface area contributed by atoms with Crippen LogP contribution in [0.3, 0.4) is 0 Å². The molecule has 0 aromatic heterocycles. The lowest BCUT2D eigenvalue weighted by Gasteiger charge is -2.16. The van der Waals surface area contributed by atoms with E-state index in [1.165, 1.54) is 5.56 Å². The van der Waals surface area contributed by atoms with E-state index < -0.39 is 0 Å². The molecule has 0 aliphatic rings. The van der Waals surface area contributed by atoms with E-state index in [4.69, 9.17) is 11.6 Å². The Labute approximate surface area is 121 Å². The SMILES string of the molecule is Cc1cc(C(C)Nc2cccc(Br)c2)ccc1Cl. The summed E-state index contributed by atoms with van der Waals surface area (Å²) in [5.74, 6) is 0. The summed E-state index contributed by atoms with van der Waals surface area (Å²) in [6.07, 6.45) is 0. The topological polar surface area (TPSA) is 12.0 Å². The highest BCUT2D eigenvalue weighted by Crippen LogP contribution is 2.24. The van der Waals surface area contributed by atoms with Gasteiger partial charge in [0, 0.05) is 21.2 Å². The van der Waals surface area contributed by atoms with Gasteiger partial charge in [-0.15, -0.1) is 0 Å². The van der Waals surface area contributed by atoms with E-state index in [2.05, 4.69) is 52.4 Å². The van der Waals surface area contributed by atoms with Gasteiger partial charge in [0.15, 0.2) is 0 Å². The van der Waals surface area contributed by atoms with Crippen molar-refractivity contribution < 1.29 is 0 Å². The van der Waals surface area contributed by atoms with Gasteiger partial charge in [0.25, 0.3) is 0 Å². The Kier molecular flexibility index (Phi) is 4.31. The van der Waals surface area contributed by atoms with Crippen molar-refractivity contribution in [3.8, 4) is 0 Å². The molecule has 2 aromatic rings. The van der Waals surface area contributed by atoms with Crippen molar-refractivity contribution in [2.24, 2.45) is 0 Å². The second kappa shape index (κ2) is 5.77. The molecule has 0 aliphatic heterocycles. The normalized spacial score (nSPS) is 12.2. The Bertz CT molecular complexity index is 554. The summed E-state index contributed by atoms with van der Waals surface area (Å²) >= 11 is 9.51. The highest BCUT2D eigenvalue weighted by atomic mass is 79.9. The van der Waals surface area contributed by atoms with Crippen molar-refractivity contribution >= 4 is 33.2 Å². The number of benzene rings is 2. The van der Waals surface area contributed by atoms with Crippen LogP contribution in [-0.4, -0.2) is 0 Å². The van der Waals surface area contributed by atoms with Gasteiger partial charge < -0.3 is 5.32 Å². The van der Waals surface area contributed by atoms with Gasteiger partial charge in [0.05, 0.1) is 0 Å². The number of aryl methyl sites for hydroxylation is 1. The molecule has 94 valence electrons. The van der Waals surface area contributed by atoms with E-state index >= 15 is 0 Å². The van der Waals surface area contributed by atoms with Gasteiger partial charge in [-0.05, 0) is 49.2 Å². The monoisotopic (exact) mass is 323 g/mol. The Morgan fingerprint density at radius 2 is 1.94 bits per heavy atom. The molecule has 0 radical (unpaired) electrons. The minimum absolute atomic E-state index is 0.246. The second-order valence-corrected chi connectivity index (χ2v) is 5.71. The van der Waals surface area contributed by atoms with Crippen LogP contribution >= 0.6 is 27.5 Å². The number of rotatable bonds is 3. The first-order chi connectivity index (χ1) is 8.56. The highest BCUT2D eigenvalue weighted by Gasteiger charge is 2.06. The number of hydrogen-bond donors (Lipinski definition) is 1. The standard InChI is InChI=1S/C15H15BrClN/c1-10-8-12(6-7-15(10)17)11(2)18-14-5-3-4-13(16)9-14/h3-9,11,18H,1-2H3. The predicted molar refractivity (Wildman–Crippen MR) is 82.4 cm³/mol. The average Bonchev–Trinajstić information content (AvgIpc) is 2.32. The van der Waals surface area contributed by atoms with Gasteiger partial charge in [-0.1, -0.05) is 45.7 Å². The van der Waals surface area contributed by atoms with Crippen LogP contribution in [0.4, 0.5) is 5.69 Å². The van der Waals surface area contributed by atoms with E-state index in [1.807, 2.05) is 25.1 Å². The lowest BCUT2D eigenvalue weighted by atomic mass is 10.1. The molecule has 18 heavy (non-hydrogen) atoms. The zero-order valence-electron chi connectivity index (χ0n) is 10.4. The van der Waals surface area contributed by atoms with E-state index in [0.29, 0.717) is 0 Å². The fourth-order valence-corrected chi connectivity index (χ4v) is 2.37. The van der Waals surface area contributed by atoms with E-state index in [0.717, 1.165) is 20.7 Å². The lowest BCUT2D eigenvalue weighted by Crippen LogP contribution is -2.06. The number of anilines is 1. The van der Waals surface area contributed by atoms with Crippen molar-refractivity contribution in [3.05, 3.63) is 63.1 Å². The summed E-state index contributed by atoms with van der Waals surface area (Å²) in [4.78, 5) is 0. The summed E-state index contributed by atoms with van der Waals surface area (Å²) in [6.45, 7) is 4.17. The predicted octanol–water partition coefficient (Wildman–Crippen LogP) is 5.58. The van der Waals surface area contributed by atoms with E-state index in [1.54, 1.807) is 0 Å². The molecule has 1 N–H and O–H groups in total. The second-order valence-electron chi connectivity index (χ2n) is 4.38. The molecule has 0 spiro atoms. The van der Waals surface area contributed by atoms with Crippen LogP contribution < -0.4 is 5.32 Å².